The molecule has 0 aliphatic heterocycles. The van der Waals surface area contributed by atoms with Crippen molar-refractivity contribution in [3.63, 3.8) is 0 Å². The number of hydrogen-bond acceptors (Lipinski definition) is 10. The van der Waals surface area contributed by atoms with E-state index in [9.17, 15) is 19.8 Å². The maximum atomic E-state index is 14.2. The van der Waals surface area contributed by atoms with Crippen molar-refractivity contribution in [2.45, 2.75) is 132 Å². The van der Waals surface area contributed by atoms with Gasteiger partial charge in [0.15, 0.2) is 5.78 Å². The van der Waals surface area contributed by atoms with Crippen molar-refractivity contribution in [1.82, 2.24) is 0 Å². The number of rotatable bonds is 21. The van der Waals surface area contributed by atoms with Gasteiger partial charge in [-0.3, -0.25) is 4.79 Å². The molecule has 4 unspecified atom stereocenters. The number of ether oxygens (including phenoxy) is 6. The van der Waals surface area contributed by atoms with Crippen molar-refractivity contribution in [2.75, 3.05) is 6.61 Å². The fourth-order valence-electron chi connectivity index (χ4n) is 9.27. The van der Waals surface area contributed by atoms with Gasteiger partial charge in [0.25, 0.3) is 0 Å². The van der Waals surface area contributed by atoms with Gasteiger partial charge >= 0.3 is 5.97 Å². The summed E-state index contributed by atoms with van der Waals surface area (Å²) in [6.45, 7) is 28.2. The minimum Gasteiger partial charge on any atom is -0.487 e. The van der Waals surface area contributed by atoms with Crippen LogP contribution in [0.1, 0.15) is 145 Å². The highest BCUT2D eigenvalue weighted by Gasteiger charge is 2.48. The van der Waals surface area contributed by atoms with Gasteiger partial charge in [0.2, 0.25) is 6.29 Å². The first-order valence-corrected chi connectivity index (χ1v) is 26.3. The van der Waals surface area contributed by atoms with Gasteiger partial charge in [-0.1, -0.05) is 71.5 Å². The van der Waals surface area contributed by atoms with Crippen LogP contribution in [0.3, 0.4) is 0 Å². The van der Waals surface area contributed by atoms with Crippen LogP contribution in [0.4, 0.5) is 0 Å². The standard InChI is InChI=1S/C66H76O10/c1-14-63(9,10)76-58-35-23-50(41-44(58)4)45(5)49-22-34-57(43(3)40-49)74-61(70)48-20-28-52(29-21-48)71-51-24-16-46(17-25-51)59(68)64(11,12)65(13,15-2)75-56-32-30-54(31-33-56)73-60(69)47-18-26-53(27-19-47)72-55-36-38-66(42-67,39-37-55)62(6,7)8/h14,16-18,20-26,28-38,40-41,45,61,67,70H,1,15,19,27,39,42H2,2-13H3. The van der Waals surface area contributed by atoms with E-state index in [-0.39, 0.29) is 29.1 Å². The predicted molar refractivity (Wildman–Crippen MR) is 300 cm³/mol. The molecule has 76 heavy (non-hydrogen) atoms. The summed E-state index contributed by atoms with van der Waals surface area (Å²) < 4.78 is 36.8. The minimum absolute atomic E-state index is 0.0598. The highest BCUT2D eigenvalue weighted by molar-refractivity contribution is 6.01. The average Bonchev–Trinajstić information content (AvgIpc) is 3.40. The molecule has 10 heteroatoms. The lowest BCUT2D eigenvalue weighted by Gasteiger charge is -2.42. The lowest BCUT2D eigenvalue weighted by Crippen LogP contribution is -2.51. The third-order valence-electron chi connectivity index (χ3n) is 15.6. The number of allylic oxidation sites excluding steroid dienone is 5. The highest BCUT2D eigenvalue weighted by Crippen LogP contribution is 2.46. The zero-order chi connectivity index (χ0) is 55.2. The minimum atomic E-state index is -1.20. The van der Waals surface area contributed by atoms with Crippen molar-refractivity contribution < 1.29 is 48.2 Å². The molecular weight excluding hydrogens is 953 g/mol. The summed E-state index contributed by atoms with van der Waals surface area (Å²) in [5, 5.41) is 21.2. The average molecular weight is 1030 g/mol. The van der Waals surface area contributed by atoms with Crippen LogP contribution in [0.2, 0.25) is 0 Å². The second-order valence-electron chi connectivity index (χ2n) is 22.5. The first-order chi connectivity index (χ1) is 35.9. The fourth-order valence-corrected chi connectivity index (χ4v) is 9.27. The molecule has 0 saturated heterocycles. The molecule has 10 nitrogen and oxygen atoms in total. The number of aliphatic hydroxyl groups is 2. The summed E-state index contributed by atoms with van der Waals surface area (Å²) in [6.07, 6.45) is 12.4. The Kier molecular flexibility index (Phi) is 17.1. The van der Waals surface area contributed by atoms with Crippen LogP contribution in [0, 0.1) is 30.1 Å². The molecule has 4 atom stereocenters. The van der Waals surface area contributed by atoms with Crippen molar-refractivity contribution >= 4 is 11.8 Å². The molecule has 0 aromatic heterocycles. The molecule has 2 N–H and O–H groups in total. The number of carbonyl (C=O) groups excluding carboxylic acids is 2. The number of hydrogen-bond donors (Lipinski definition) is 2. The van der Waals surface area contributed by atoms with Gasteiger partial charge in [-0.2, -0.15) is 0 Å². The van der Waals surface area contributed by atoms with Crippen molar-refractivity contribution in [3.05, 3.63) is 203 Å². The monoisotopic (exact) mass is 1030 g/mol. The second kappa shape index (κ2) is 23.0. The SMILES string of the molecule is C=CC(C)(C)Oc1ccc(C(C)c2ccc(OC(O)c3ccc(Oc4ccc(C(=O)C(C)(C)C(C)(CC)Oc5ccc(OC(=O)C6=CC=C(OC7=CCC(CO)(C(C)(C)C)C=C7)CC6)cc5)cc4)cc3)c(C)c2)cc1C. The van der Waals surface area contributed by atoms with E-state index in [1.165, 1.54) is 5.56 Å². The molecule has 0 fully saturated rings. The smallest absolute Gasteiger partial charge is 0.339 e. The number of carbonyl (C=O) groups is 2. The molecule has 0 saturated carbocycles. The predicted octanol–water partition coefficient (Wildman–Crippen LogP) is 15.5. The Bertz CT molecular complexity index is 3020. The summed E-state index contributed by atoms with van der Waals surface area (Å²) in [4.78, 5) is 27.4. The largest absolute Gasteiger partial charge is 0.487 e. The molecule has 0 amide bonds. The number of aliphatic hydroxyl groups excluding tert-OH is 2. The van der Waals surface area contributed by atoms with Gasteiger partial charge in [-0.05, 0) is 211 Å². The Morgan fingerprint density at radius 2 is 1.28 bits per heavy atom. The summed E-state index contributed by atoms with van der Waals surface area (Å²) in [6, 6.07) is 33.2. The Hall–Kier alpha value is -7.14. The number of aryl methyl sites for hydroxylation is 2. The van der Waals surface area contributed by atoms with E-state index in [0.717, 1.165) is 34.0 Å². The first kappa shape index (κ1) is 56.6. The van der Waals surface area contributed by atoms with Gasteiger partial charge in [0.1, 0.15) is 57.2 Å². The summed E-state index contributed by atoms with van der Waals surface area (Å²) >= 11 is 0. The number of benzene rings is 5. The van der Waals surface area contributed by atoms with Crippen LogP contribution in [-0.2, 0) is 9.53 Å². The van der Waals surface area contributed by atoms with Crippen molar-refractivity contribution in [1.29, 1.82) is 0 Å². The molecule has 0 radical (unpaired) electrons. The van der Waals surface area contributed by atoms with Gasteiger partial charge < -0.3 is 38.6 Å². The molecule has 5 aromatic carbocycles. The van der Waals surface area contributed by atoms with Crippen LogP contribution in [0.25, 0.3) is 0 Å². The van der Waals surface area contributed by atoms with E-state index >= 15 is 0 Å². The normalized spacial score (nSPS) is 17.4. The van der Waals surface area contributed by atoms with Gasteiger partial charge in [-0.25, -0.2) is 4.79 Å². The van der Waals surface area contributed by atoms with Crippen LogP contribution in [0.5, 0.6) is 34.5 Å². The Morgan fingerprint density at radius 1 is 0.711 bits per heavy atom. The molecule has 0 spiro atoms. The van der Waals surface area contributed by atoms with E-state index in [2.05, 4.69) is 59.4 Å². The maximum Gasteiger partial charge on any atom is 0.339 e. The third kappa shape index (κ3) is 12.9. The molecule has 2 aliphatic carbocycles. The number of esters is 1. The van der Waals surface area contributed by atoms with Crippen molar-refractivity contribution in [3.8, 4) is 34.5 Å². The van der Waals surface area contributed by atoms with E-state index in [1.54, 1.807) is 91.0 Å². The second-order valence-corrected chi connectivity index (χ2v) is 22.5. The molecular formula is C66H76O10. The van der Waals surface area contributed by atoms with E-state index in [1.807, 2.05) is 84.9 Å². The van der Waals surface area contributed by atoms with Crippen LogP contribution >= 0.6 is 0 Å². The highest BCUT2D eigenvalue weighted by atomic mass is 16.6. The quantitative estimate of drug-likeness (QED) is 0.0241. The van der Waals surface area contributed by atoms with E-state index in [0.29, 0.717) is 71.1 Å². The Morgan fingerprint density at radius 3 is 1.79 bits per heavy atom. The maximum absolute atomic E-state index is 14.2. The molecule has 0 bridgehead atoms. The van der Waals surface area contributed by atoms with Gasteiger partial charge in [-0.15, -0.1) is 0 Å². The molecule has 7 rings (SSSR count). The molecule has 400 valence electrons. The third-order valence-corrected chi connectivity index (χ3v) is 15.6. The van der Waals surface area contributed by atoms with Crippen molar-refractivity contribution in [2.24, 2.45) is 16.2 Å². The Labute approximate surface area is 450 Å². The van der Waals surface area contributed by atoms with Gasteiger partial charge in [0.05, 0.1) is 12.0 Å². The van der Waals surface area contributed by atoms with Gasteiger partial charge in [0, 0.05) is 34.5 Å². The summed E-state index contributed by atoms with van der Waals surface area (Å²) in [5.41, 5.74) is 3.11. The van der Waals surface area contributed by atoms with Crippen LogP contribution in [-0.4, -0.2) is 39.8 Å². The lowest BCUT2D eigenvalue weighted by atomic mass is 9.64. The van der Waals surface area contributed by atoms with E-state index in [4.69, 9.17) is 28.4 Å². The number of Topliss-reactive ketones (excluding diaryl/α,β-unsaturated/α-hetero) is 1. The Balaban J connectivity index is 0.895. The zero-order valence-electron chi connectivity index (χ0n) is 46.4. The zero-order valence-corrected chi connectivity index (χ0v) is 46.4. The summed E-state index contributed by atoms with van der Waals surface area (Å²) in [7, 11) is 0. The molecule has 2 aliphatic rings. The number of ketones is 1. The first-order valence-electron chi connectivity index (χ1n) is 26.3. The topological polar surface area (TPSA) is 130 Å². The van der Waals surface area contributed by atoms with Crippen LogP contribution < -0.4 is 23.7 Å². The molecule has 0 heterocycles. The fraction of sp³-hybridized carbons (Fsp3) is 0.364. The molecule has 5 aromatic rings. The summed E-state index contributed by atoms with van der Waals surface area (Å²) in [5.74, 6) is 4.50. The lowest BCUT2D eigenvalue weighted by molar-refractivity contribution is -0.130. The van der Waals surface area contributed by atoms with E-state index < -0.39 is 28.9 Å². The van der Waals surface area contributed by atoms with Crippen LogP contribution in [0.15, 0.2) is 169 Å².